The smallest absolute Gasteiger partial charge is 0.233 e. The van der Waals surface area contributed by atoms with E-state index < -0.39 is 9.84 Å². The number of amides is 1. The van der Waals surface area contributed by atoms with Crippen molar-refractivity contribution in [1.29, 1.82) is 0 Å². The van der Waals surface area contributed by atoms with E-state index in [-0.39, 0.29) is 35.0 Å². The van der Waals surface area contributed by atoms with E-state index >= 15 is 0 Å². The normalized spacial score (nSPS) is 22.1. The molecule has 0 spiro atoms. The van der Waals surface area contributed by atoms with Gasteiger partial charge in [0.25, 0.3) is 0 Å². The third kappa shape index (κ3) is 4.70. The fraction of sp³-hybridized carbons (Fsp3) is 0.529. The number of carbonyl (C=O) groups is 1. The van der Waals surface area contributed by atoms with Crippen molar-refractivity contribution < 1.29 is 18.3 Å². The van der Waals surface area contributed by atoms with Crippen molar-refractivity contribution in [2.45, 2.75) is 17.6 Å². The molecular formula is C17H22N6O4S2. The highest BCUT2D eigenvalue weighted by atomic mass is 32.2. The van der Waals surface area contributed by atoms with E-state index in [9.17, 15) is 18.3 Å². The minimum absolute atomic E-state index is 0.00829. The van der Waals surface area contributed by atoms with Crippen LogP contribution in [0.1, 0.15) is 6.42 Å². The number of tetrazole rings is 1. The van der Waals surface area contributed by atoms with Crippen LogP contribution >= 0.6 is 11.8 Å². The van der Waals surface area contributed by atoms with E-state index in [1.807, 2.05) is 4.90 Å². The van der Waals surface area contributed by atoms with Crippen molar-refractivity contribution in [2.24, 2.45) is 0 Å². The summed E-state index contributed by atoms with van der Waals surface area (Å²) in [6, 6.07) is 6.57. The van der Waals surface area contributed by atoms with Crippen molar-refractivity contribution in [3.63, 3.8) is 0 Å². The number of aromatic nitrogens is 4. The van der Waals surface area contributed by atoms with Gasteiger partial charge in [0.2, 0.25) is 11.1 Å². The number of hydrogen-bond donors (Lipinski definition) is 1. The number of hydrogen-bond acceptors (Lipinski definition) is 9. The molecule has 1 atom stereocenters. The highest BCUT2D eigenvalue weighted by molar-refractivity contribution is 7.99. The molecule has 2 saturated heterocycles. The number of phenols is 1. The summed E-state index contributed by atoms with van der Waals surface area (Å²) in [4.78, 5) is 16.6. The molecule has 0 unspecified atom stereocenters. The Morgan fingerprint density at radius 1 is 1.17 bits per heavy atom. The molecule has 1 aromatic carbocycles. The predicted octanol–water partition coefficient (Wildman–Crippen LogP) is -0.209. The average Bonchev–Trinajstić information content (AvgIpc) is 3.33. The first kappa shape index (κ1) is 20.1. The molecule has 2 aromatic rings. The summed E-state index contributed by atoms with van der Waals surface area (Å²) in [6.07, 6.45) is 0.687. The van der Waals surface area contributed by atoms with Gasteiger partial charge in [-0.25, -0.2) is 8.42 Å². The molecule has 2 fully saturated rings. The van der Waals surface area contributed by atoms with Crippen LogP contribution in [0.15, 0.2) is 29.4 Å². The first-order valence-corrected chi connectivity index (χ1v) is 12.1. The Balaban J connectivity index is 1.29. The molecule has 2 aliphatic heterocycles. The quantitative estimate of drug-likeness (QED) is 0.632. The molecule has 0 saturated carbocycles. The highest BCUT2D eigenvalue weighted by Gasteiger charge is 2.34. The topological polar surface area (TPSA) is 122 Å². The number of piperazine rings is 1. The molecular weight excluding hydrogens is 416 g/mol. The first-order chi connectivity index (χ1) is 13.9. The Morgan fingerprint density at radius 2 is 1.90 bits per heavy atom. The SMILES string of the molecule is O=C(CSc1nnnn1-c1ccc(O)cc1)N1CCN([C@H]2CCS(=O)(=O)C2)CC1. The van der Waals surface area contributed by atoms with Crippen LogP contribution in [0.2, 0.25) is 0 Å². The molecule has 2 aliphatic rings. The number of rotatable bonds is 5. The second-order valence-corrected chi connectivity index (χ2v) is 10.3. The first-order valence-electron chi connectivity index (χ1n) is 9.34. The van der Waals surface area contributed by atoms with Crippen molar-refractivity contribution >= 4 is 27.5 Å². The van der Waals surface area contributed by atoms with Gasteiger partial charge in [-0.3, -0.25) is 9.69 Å². The molecule has 0 aliphatic carbocycles. The second kappa shape index (κ2) is 8.28. The van der Waals surface area contributed by atoms with Crippen molar-refractivity contribution in [2.75, 3.05) is 43.4 Å². The molecule has 1 amide bonds. The monoisotopic (exact) mass is 438 g/mol. The van der Waals surface area contributed by atoms with Crippen molar-refractivity contribution in [1.82, 2.24) is 30.0 Å². The van der Waals surface area contributed by atoms with Gasteiger partial charge in [-0.2, -0.15) is 4.68 Å². The molecule has 0 bridgehead atoms. The van der Waals surface area contributed by atoms with Crippen molar-refractivity contribution in [3.8, 4) is 11.4 Å². The zero-order chi connectivity index (χ0) is 20.4. The minimum Gasteiger partial charge on any atom is -0.508 e. The summed E-state index contributed by atoms with van der Waals surface area (Å²) >= 11 is 1.26. The van der Waals surface area contributed by atoms with Gasteiger partial charge >= 0.3 is 0 Å². The third-order valence-electron chi connectivity index (χ3n) is 5.25. The van der Waals surface area contributed by atoms with E-state index in [0.717, 1.165) is 0 Å². The lowest BCUT2D eigenvalue weighted by molar-refractivity contribution is -0.130. The minimum atomic E-state index is -2.90. The summed E-state index contributed by atoms with van der Waals surface area (Å²) in [5.74, 6) is 0.880. The van der Waals surface area contributed by atoms with Gasteiger partial charge in [0, 0.05) is 32.2 Å². The third-order valence-corrected chi connectivity index (χ3v) is 7.91. The van der Waals surface area contributed by atoms with E-state index in [4.69, 9.17) is 0 Å². The number of phenolic OH excluding ortho intramolecular Hbond substituents is 1. The van der Waals surface area contributed by atoms with Gasteiger partial charge in [-0.05, 0) is 41.1 Å². The van der Waals surface area contributed by atoms with Gasteiger partial charge in [0.1, 0.15) is 5.75 Å². The second-order valence-electron chi connectivity index (χ2n) is 7.15. The maximum absolute atomic E-state index is 12.6. The van der Waals surface area contributed by atoms with E-state index in [2.05, 4.69) is 20.4 Å². The maximum Gasteiger partial charge on any atom is 0.233 e. The lowest BCUT2D eigenvalue weighted by atomic mass is 10.2. The van der Waals surface area contributed by atoms with Crippen molar-refractivity contribution in [3.05, 3.63) is 24.3 Å². The number of thioether (sulfide) groups is 1. The largest absolute Gasteiger partial charge is 0.508 e. The molecule has 1 N–H and O–H groups in total. The lowest BCUT2D eigenvalue weighted by Gasteiger charge is -2.37. The van der Waals surface area contributed by atoms with Crippen LogP contribution in [0.4, 0.5) is 0 Å². The van der Waals surface area contributed by atoms with Gasteiger partial charge in [0.05, 0.1) is 22.9 Å². The number of carbonyl (C=O) groups excluding carboxylic acids is 1. The lowest BCUT2D eigenvalue weighted by Crippen LogP contribution is -2.52. The van der Waals surface area contributed by atoms with Crippen LogP contribution in [0.3, 0.4) is 0 Å². The standard InChI is InChI=1S/C17H22N6O4S2/c24-15-3-1-13(2-4-15)23-17(18-19-20-23)28-11-16(25)22-8-6-21(7-9-22)14-5-10-29(26,27)12-14/h1-4,14,24H,5-12H2/t14-/m0/s1. The van der Waals surface area contributed by atoms with E-state index in [1.165, 1.54) is 16.4 Å². The van der Waals surface area contributed by atoms with Crippen LogP contribution in [0.25, 0.3) is 5.69 Å². The fourth-order valence-electron chi connectivity index (χ4n) is 3.64. The highest BCUT2D eigenvalue weighted by Crippen LogP contribution is 2.22. The Morgan fingerprint density at radius 3 is 2.55 bits per heavy atom. The van der Waals surface area contributed by atoms with Crippen LogP contribution in [0.5, 0.6) is 5.75 Å². The Bertz CT molecular complexity index is 970. The Hall–Kier alpha value is -2.18. The summed E-state index contributed by atoms with van der Waals surface area (Å²) in [5.41, 5.74) is 0.697. The summed E-state index contributed by atoms with van der Waals surface area (Å²) in [5, 5.41) is 21.5. The molecule has 29 heavy (non-hydrogen) atoms. The van der Waals surface area contributed by atoms with Gasteiger partial charge in [0.15, 0.2) is 9.84 Å². The molecule has 10 nitrogen and oxygen atoms in total. The van der Waals surface area contributed by atoms with Gasteiger partial charge < -0.3 is 10.0 Å². The number of benzene rings is 1. The predicted molar refractivity (Wildman–Crippen MR) is 107 cm³/mol. The molecule has 4 rings (SSSR count). The van der Waals surface area contributed by atoms with Crippen LogP contribution in [-0.2, 0) is 14.6 Å². The molecule has 156 valence electrons. The summed E-state index contributed by atoms with van der Waals surface area (Å²) < 4.78 is 24.9. The fourth-order valence-corrected chi connectivity index (χ4v) is 6.20. The van der Waals surface area contributed by atoms with Crippen LogP contribution in [0, 0.1) is 0 Å². The van der Waals surface area contributed by atoms with E-state index in [0.29, 0.717) is 43.4 Å². The summed E-state index contributed by atoms with van der Waals surface area (Å²) in [7, 11) is -2.90. The number of sulfone groups is 1. The average molecular weight is 439 g/mol. The maximum atomic E-state index is 12.6. The Kier molecular flexibility index (Phi) is 5.74. The zero-order valence-corrected chi connectivity index (χ0v) is 17.3. The number of aromatic hydroxyl groups is 1. The van der Waals surface area contributed by atoms with Gasteiger partial charge in [-0.15, -0.1) is 5.10 Å². The van der Waals surface area contributed by atoms with Crippen LogP contribution < -0.4 is 0 Å². The molecule has 1 aromatic heterocycles. The number of nitrogens with zero attached hydrogens (tertiary/aromatic N) is 6. The zero-order valence-electron chi connectivity index (χ0n) is 15.7. The summed E-state index contributed by atoms with van der Waals surface area (Å²) in [6.45, 7) is 2.58. The Labute approximate surface area is 172 Å². The molecule has 12 heteroatoms. The van der Waals surface area contributed by atoms with Crippen LogP contribution in [-0.4, -0.2) is 98.9 Å². The molecule has 3 heterocycles. The molecule has 0 radical (unpaired) electrons. The van der Waals surface area contributed by atoms with E-state index in [1.54, 1.807) is 24.3 Å². The van der Waals surface area contributed by atoms with Gasteiger partial charge in [-0.1, -0.05) is 11.8 Å².